The molecule has 1 amide bonds. The first-order chi connectivity index (χ1) is 6.71. The summed E-state index contributed by atoms with van der Waals surface area (Å²) in [6.07, 6.45) is 3.72. The van der Waals surface area contributed by atoms with Crippen LogP contribution in [0.25, 0.3) is 0 Å². The quantitative estimate of drug-likeness (QED) is 0.758. The lowest BCUT2D eigenvalue weighted by Crippen LogP contribution is -2.48. The van der Waals surface area contributed by atoms with E-state index in [4.69, 9.17) is 0 Å². The van der Waals surface area contributed by atoms with Gasteiger partial charge < -0.3 is 10.6 Å². The van der Waals surface area contributed by atoms with Gasteiger partial charge in [-0.05, 0) is 32.1 Å². The van der Waals surface area contributed by atoms with Crippen LogP contribution in [0.2, 0.25) is 0 Å². The first-order valence-corrected chi connectivity index (χ1v) is 5.72. The van der Waals surface area contributed by atoms with Gasteiger partial charge in [0.1, 0.15) is 0 Å². The fourth-order valence-electron chi connectivity index (χ4n) is 2.59. The van der Waals surface area contributed by atoms with Crippen LogP contribution >= 0.6 is 12.4 Å². The molecule has 2 aliphatic carbocycles. The molecule has 0 aromatic heterocycles. The van der Waals surface area contributed by atoms with E-state index in [1.54, 1.807) is 0 Å². The third-order valence-corrected chi connectivity index (χ3v) is 4.16. The van der Waals surface area contributed by atoms with Crippen molar-refractivity contribution in [3.8, 4) is 0 Å². The molecule has 1 saturated heterocycles. The number of rotatable bonds is 3. The van der Waals surface area contributed by atoms with E-state index < -0.39 is 0 Å². The molecule has 2 unspecified atom stereocenters. The molecule has 1 aliphatic heterocycles. The molecule has 0 aromatic rings. The molecule has 3 aliphatic rings. The fraction of sp³-hybridized carbons (Fsp3) is 0.909. The summed E-state index contributed by atoms with van der Waals surface area (Å²) in [6.45, 7) is 4.26. The van der Waals surface area contributed by atoms with Gasteiger partial charge in [0.2, 0.25) is 5.91 Å². The number of carbonyl (C=O) groups excluding carboxylic acids is 1. The second-order valence-electron chi connectivity index (χ2n) is 5.36. The summed E-state index contributed by atoms with van der Waals surface area (Å²) in [6, 6.07) is 0.410. The average molecular weight is 231 g/mol. The molecular weight excluding hydrogens is 212 g/mol. The zero-order valence-electron chi connectivity index (χ0n) is 9.08. The van der Waals surface area contributed by atoms with Gasteiger partial charge in [0.05, 0.1) is 0 Å². The molecule has 1 heterocycles. The van der Waals surface area contributed by atoms with Gasteiger partial charge in [0, 0.05) is 30.5 Å². The van der Waals surface area contributed by atoms with Crippen LogP contribution in [0.15, 0.2) is 0 Å². The monoisotopic (exact) mass is 230 g/mol. The standard InChI is InChI=1S/C11H18N2O.ClH/c1-7(8-2-3-8)13-10(14)9-4-11(9)5-12-6-11;/h7-9,12H,2-6H2,1H3,(H,13,14);1H. The number of halogens is 1. The lowest BCUT2D eigenvalue weighted by Gasteiger charge is -2.28. The normalized spacial score (nSPS) is 32.5. The highest BCUT2D eigenvalue weighted by molar-refractivity contribution is 5.85. The Bertz CT molecular complexity index is 274. The Hall–Kier alpha value is -0.280. The number of hydrogen-bond acceptors (Lipinski definition) is 2. The molecule has 4 heteroatoms. The van der Waals surface area contributed by atoms with Crippen LogP contribution in [0.4, 0.5) is 0 Å². The third kappa shape index (κ3) is 1.87. The van der Waals surface area contributed by atoms with Gasteiger partial charge in [-0.2, -0.15) is 0 Å². The van der Waals surface area contributed by atoms with Crippen molar-refractivity contribution in [1.29, 1.82) is 0 Å². The van der Waals surface area contributed by atoms with Crippen molar-refractivity contribution >= 4 is 18.3 Å². The highest BCUT2D eigenvalue weighted by Crippen LogP contribution is 2.55. The zero-order chi connectivity index (χ0) is 9.76. The molecule has 2 saturated carbocycles. The van der Waals surface area contributed by atoms with Crippen LogP contribution in [0.3, 0.4) is 0 Å². The summed E-state index contributed by atoms with van der Waals surface area (Å²) in [7, 11) is 0. The summed E-state index contributed by atoms with van der Waals surface area (Å²) in [5.74, 6) is 1.41. The van der Waals surface area contributed by atoms with Crippen molar-refractivity contribution in [1.82, 2.24) is 10.6 Å². The van der Waals surface area contributed by atoms with Gasteiger partial charge in [-0.25, -0.2) is 0 Å². The molecule has 0 aromatic carbocycles. The third-order valence-electron chi connectivity index (χ3n) is 4.16. The Morgan fingerprint density at radius 3 is 2.53 bits per heavy atom. The van der Waals surface area contributed by atoms with Crippen LogP contribution in [0.5, 0.6) is 0 Å². The Labute approximate surface area is 96.8 Å². The Balaban J connectivity index is 0.000000853. The number of carbonyl (C=O) groups is 1. The minimum atomic E-state index is 0. The molecule has 2 N–H and O–H groups in total. The SMILES string of the molecule is CC(NC(=O)C1CC12CNC2)C1CC1.Cl. The molecule has 86 valence electrons. The van der Waals surface area contributed by atoms with E-state index in [9.17, 15) is 4.79 Å². The highest BCUT2D eigenvalue weighted by atomic mass is 35.5. The first-order valence-electron chi connectivity index (χ1n) is 5.72. The van der Waals surface area contributed by atoms with Crippen LogP contribution in [0.1, 0.15) is 26.2 Å². The van der Waals surface area contributed by atoms with E-state index in [0.29, 0.717) is 23.3 Å². The van der Waals surface area contributed by atoms with Crippen LogP contribution in [0, 0.1) is 17.3 Å². The Morgan fingerprint density at radius 1 is 1.47 bits per heavy atom. The maximum atomic E-state index is 11.8. The van der Waals surface area contributed by atoms with Crippen LogP contribution in [-0.4, -0.2) is 25.0 Å². The van der Waals surface area contributed by atoms with Gasteiger partial charge in [0.15, 0.2) is 0 Å². The maximum absolute atomic E-state index is 11.8. The van der Waals surface area contributed by atoms with E-state index in [2.05, 4.69) is 17.6 Å². The van der Waals surface area contributed by atoms with Gasteiger partial charge in [-0.15, -0.1) is 12.4 Å². The average Bonchev–Trinajstić information content (AvgIpc) is 2.97. The molecular formula is C11H19ClN2O. The van der Waals surface area contributed by atoms with E-state index in [-0.39, 0.29) is 12.4 Å². The van der Waals surface area contributed by atoms with Crippen molar-refractivity contribution in [2.75, 3.05) is 13.1 Å². The minimum Gasteiger partial charge on any atom is -0.353 e. The largest absolute Gasteiger partial charge is 0.353 e. The fourth-order valence-corrected chi connectivity index (χ4v) is 2.59. The maximum Gasteiger partial charge on any atom is 0.224 e. The summed E-state index contributed by atoms with van der Waals surface area (Å²) in [5.41, 5.74) is 0.382. The van der Waals surface area contributed by atoms with Crippen LogP contribution < -0.4 is 10.6 Å². The summed E-state index contributed by atoms with van der Waals surface area (Å²) >= 11 is 0. The Kier molecular flexibility index (Phi) is 2.72. The minimum absolute atomic E-state index is 0. The van der Waals surface area contributed by atoms with Crippen molar-refractivity contribution < 1.29 is 4.79 Å². The molecule has 3 nitrogen and oxygen atoms in total. The van der Waals surface area contributed by atoms with E-state index in [1.165, 1.54) is 12.8 Å². The molecule has 2 atom stereocenters. The molecule has 1 spiro atoms. The molecule has 0 radical (unpaired) electrons. The van der Waals surface area contributed by atoms with Gasteiger partial charge in [0.25, 0.3) is 0 Å². The van der Waals surface area contributed by atoms with Gasteiger partial charge >= 0.3 is 0 Å². The number of nitrogens with one attached hydrogen (secondary N) is 2. The van der Waals surface area contributed by atoms with Crippen molar-refractivity contribution in [2.24, 2.45) is 17.3 Å². The highest BCUT2D eigenvalue weighted by Gasteiger charge is 2.61. The first kappa shape index (κ1) is 11.2. The van der Waals surface area contributed by atoms with Crippen LogP contribution in [-0.2, 0) is 4.79 Å². The lowest BCUT2D eigenvalue weighted by atomic mass is 9.96. The topological polar surface area (TPSA) is 41.1 Å². The molecule has 3 rings (SSSR count). The predicted molar refractivity (Wildman–Crippen MR) is 61.0 cm³/mol. The van der Waals surface area contributed by atoms with Gasteiger partial charge in [-0.3, -0.25) is 4.79 Å². The molecule has 15 heavy (non-hydrogen) atoms. The summed E-state index contributed by atoms with van der Waals surface area (Å²) in [4.78, 5) is 11.8. The predicted octanol–water partition coefficient (Wildman–Crippen LogP) is 0.932. The zero-order valence-corrected chi connectivity index (χ0v) is 9.90. The summed E-state index contributed by atoms with van der Waals surface area (Å²) in [5, 5.41) is 6.42. The molecule has 0 bridgehead atoms. The number of amides is 1. The smallest absolute Gasteiger partial charge is 0.224 e. The van der Waals surface area contributed by atoms with Crippen molar-refractivity contribution in [3.63, 3.8) is 0 Å². The molecule has 3 fully saturated rings. The summed E-state index contributed by atoms with van der Waals surface area (Å²) < 4.78 is 0. The number of hydrogen-bond donors (Lipinski definition) is 2. The Morgan fingerprint density at radius 2 is 2.13 bits per heavy atom. The second-order valence-corrected chi connectivity index (χ2v) is 5.36. The van der Waals surface area contributed by atoms with E-state index in [0.717, 1.165) is 25.4 Å². The van der Waals surface area contributed by atoms with Crippen molar-refractivity contribution in [3.05, 3.63) is 0 Å². The van der Waals surface area contributed by atoms with Crippen molar-refractivity contribution in [2.45, 2.75) is 32.2 Å². The lowest BCUT2D eigenvalue weighted by molar-refractivity contribution is -0.124. The van der Waals surface area contributed by atoms with E-state index >= 15 is 0 Å². The van der Waals surface area contributed by atoms with E-state index in [1.807, 2.05) is 0 Å². The van der Waals surface area contributed by atoms with Gasteiger partial charge in [-0.1, -0.05) is 0 Å². The second kappa shape index (κ2) is 3.63.